The molecule has 1 fully saturated rings. The number of hydrogen-bond acceptors (Lipinski definition) is 7. The van der Waals surface area contributed by atoms with Gasteiger partial charge in [0, 0.05) is 25.4 Å². The first-order valence-electron chi connectivity index (χ1n) is 7.78. The number of aryl methyl sites for hydroxylation is 1. The predicted octanol–water partition coefficient (Wildman–Crippen LogP) is 0.720. The van der Waals surface area contributed by atoms with Gasteiger partial charge in [0.2, 0.25) is 5.91 Å². The molecule has 0 aromatic carbocycles. The lowest BCUT2D eigenvalue weighted by Gasteiger charge is -2.08. The van der Waals surface area contributed by atoms with E-state index in [2.05, 4.69) is 32.6 Å². The number of rotatable bonds is 9. The highest BCUT2D eigenvalue weighted by Gasteiger charge is 2.30. The SMILES string of the molecule is CCCn1nnnc1CSc1nnc(C2CC2)n1CCC(N)=O. The topological polar surface area (TPSA) is 117 Å². The molecule has 2 N–H and O–H groups in total. The summed E-state index contributed by atoms with van der Waals surface area (Å²) in [6.07, 6.45) is 3.53. The minimum atomic E-state index is -0.316. The molecule has 1 aliphatic rings. The van der Waals surface area contributed by atoms with Crippen molar-refractivity contribution < 1.29 is 4.79 Å². The molecule has 0 unspecified atom stereocenters. The molecule has 0 saturated heterocycles. The Hall–Kier alpha value is -1.97. The van der Waals surface area contributed by atoms with E-state index >= 15 is 0 Å². The van der Waals surface area contributed by atoms with Gasteiger partial charge in [-0.15, -0.1) is 15.3 Å². The fraction of sp³-hybridized carbons (Fsp3) is 0.692. The first kappa shape index (κ1) is 15.9. The number of tetrazole rings is 1. The Morgan fingerprint density at radius 2 is 2.13 bits per heavy atom. The summed E-state index contributed by atoms with van der Waals surface area (Å²) in [7, 11) is 0. The van der Waals surface area contributed by atoms with E-state index in [1.165, 1.54) is 11.8 Å². The van der Waals surface area contributed by atoms with Crippen LogP contribution in [0, 0.1) is 0 Å². The van der Waals surface area contributed by atoms with Crippen molar-refractivity contribution in [1.29, 1.82) is 0 Å². The normalized spacial score (nSPS) is 14.3. The van der Waals surface area contributed by atoms with Gasteiger partial charge < -0.3 is 10.3 Å². The van der Waals surface area contributed by atoms with Crippen LogP contribution in [0.4, 0.5) is 0 Å². The van der Waals surface area contributed by atoms with Crippen LogP contribution in [0.15, 0.2) is 5.16 Å². The lowest BCUT2D eigenvalue weighted by molar-refractivity contribution is -0.118. The zero-order valence-electron chi connectivity index (χ0n) is 13.1. The van der Waals surface area contributed by atoms with Crippen LogP contribution in [-0.2, 0) is 23.6 Å². The second kappa shape index (κ2) is 7.07. The molecular weight excluding hydrogens is 316 g/mol. The number of primary amides is 1. The summed E-state index contributed by atoms with van der Waals surface area (Å²) in [5.74, 6) is 2.54. The van der Waals surface area contributed by atoms with E-state index in [1.54, 1.807) is 4.68 Å². The van der Waals surface area contributed by atoms with Crippen LogP contribution in [0.3, 0.4) is 0 Å². The third-order valence-corrected chi connectivity index (χ3v) is 4.60. The van der Waals surface area contributed by atoms with Crippen molar-refractivity contribution in [3.05, 3.63) is 11.6 Å². The van der Waals surface area contributed by atoms with Gasteiger partial charge in [-0.05, 0) is 29.7 Å². The Morgan fingerprint density at radius 3 is 2.83 bits per heavy atom. The number of nitrogens with zero attached hydrogens (tertiary/aromatic N) is 7. The second-order valence-corrected chi connectivity index (χ2v) is 6.53. The average Bonchev–Trinajstić information content (AvgIpc) is 3.14. The summed E-state index contributed by atoms with van der Waals surface area (Å²) in [6.45, 7) is 3.40. The van der Waals surface area contributed by atoms with E-state index in [0.717, 1.165) is 42.6 Å². The van der Waals surface area contributed by atoms with E-state index in [1.807, 2.05) is 4.57 Å². The van der Waals surface area contributed by atoms with E-state index in [4.69, 9.17) is 5.73 Å². The lowest BCUT2D eigenvalue weighted by Crippen LogP contribution is -2.15. The van der Waals surface area contributed by atoms with Gasteiger partial charge >= 0.3 is 0 Å². The first-order chi connectivity index (χ1) is 11.2. The van der Waals surface area contributed by atoms with Crippen LogP contribution in [0.5, 0.6) is 0 Å². The van der Waals surface area contributed by atoms with Crippen LogP contribution in [0.2, 0.25) is 0 Å². The molecule has 124 valence electrons. The molecule has 0 aliphatic heterocycles. The third kappa shape index (κ3) is 3.87. The largest absolute Gasteiger partial charge is 0.370 e. The Kier molecular flexibility index (Phi) is 4.89. The van der Waals surface area contributed by atoms with Gasteiger partial charge in [0.25, 0.3) is 0 Å². The van der Waals surface area contributed by atoms with Crippen molar-refractivity contribution in [3.8, 4) is 0 Å². The molecule has 10 heteroatoms. The Morgan fingerprint density at radius 1 is 1.30 bits per heavy atom. The van der Waals surface area contributed by atoms with Crippen molar-refractivity contribution in [2.45, 2.75) is 62.5 Å². The van der Waals surface area contributed by atoms with E-state index in [-0.39, 0.29) is 5.91 Å². The monoisotopic (exact) mass is 336 g/mol. The molecule has 0 atom stereocenters. The van der Waals surface area contributed by atoms with Crippen LogP contribution in [0.1, 0.15) is 50.2 Å². The highest BCUT2D eigenvalue weighted by Crippen LogP contribution is 2.40. The number of carbonyl (C=O) groups is 1. The van der Waals surface area contributed by atoms with Gasteiger partial charge in [-0.1, -0.05) is 18.7 Å². The fourth-order valence-electron chi connectivity index (χ4n) is 2.32. The zero-order chi connectivity index (χ0) is 16.2. The predicted molar refractivity (Wildman–Crippen MR) is 83.5 cm³/mol. The molecule has 2 aromatic rings. The number of aromatic nitrogens is 7. The van der Waals surface area contributed by atoms with Crippen molar-refractivity contribution in [3.63, 3.8) is 0 Å². The van der Waals surface area contributed by atoms with E-state index < -0.39 is 0 Å². The maximum absolute atomic E-state index is 11.1. The van der Waals surface area contributed by atoms with Crippen LogP contribution in [0.25, 0.3) is 0 Å². The summed E-state index contributed by atoms with van der Waals surface area (Å²) < 4.78 is 3.82. The molecule has 2 aromatic heterocycles. The van der Waals surface area contributed by atoms with Crippen LogP contribution in [-0.4, -0.2) is 40.9 Å². The lowest BCUT2D eigenvalue weighted by atomic mass is 10.3. The highest BCUT2D eigenvalue weighted by atomic mass is 32.2. The maximum Gasteiger partial charge on any atom is 0.219 e. The maximum atomic E-state index is 11.1. The molecule has 3 rings (SSSR count). The summed E-state index contributed by atoms with van der Waals surface area (Å²) in [5, 5.41) is 21.1. The molecule has 23 heavy (non-hydrogen) atoms. The number of carbonyl (C=O) groups excluding carboxylic acids is 1. The highest BCUT2D eigenvalue weighted by molar-refractivity contribution is 7.98. The number of nitrogens with two attached hydrogens (primary N) is 1. The van der Waals surface area contributed by atoms with Crippen molar-refractivity contribution in [2.24, 2.45) is 5.73 Å². The molecule has 9 nitrogen and oxygen atoms in total. The van der Waals surface area contributed by atoms with Gasteiger partial charge in [0.1, 0.15) is 5.82 Å². The summed E-state index contributed by atoms with van der Waals surface area (Å²) >= 11 is 1.54. The van der Waals surface area contributed by atoms with Crippen LogP contribution >= 0.6 is 11.8 Å². The molecule has 0 bridgehead atoms. The van der Waals surface area contributed by atoms with Gasteiger partial charge in [-0.2, -0.15) is 0 Å². The van der Waals surface area contributed by atoms with Crippen molar-refractivity contribution in [1.82, 2.24) is 35.0 Å². The number of thioether (sulfide) groups is 1. The minimum absolute atomic E-state index is 0.291. The molecular formula is C13H20N8OS. The summed E-state index contributed by atoms with van der Waals surface area (Å²) in [5.41, 5.74) is 5.28. The molecule has 1 saturated carbocycles. The molecule has 1 amide bonds. The fourth-order valence-corrected chi connectivity index (χ4v) is 3.23. The molecule has 0 radical (unpaired) electrons. The van der Waals surface area contributed by atoms with E-state index in [9.17, 15) is 4.79 Å². The van der Waals surface area contributed by atoms with Gasteiger partial charge in [0.05, 0.1) is 5.75 Å². The smallest absolute Gasteiger partial charge is 0.219 e. The summed E-state index contributed by atoms with van der Waals surface area (Å²) in [4.78, 5) is 11.1. The van der Waals surface area contributed by atoms with Crippen LogP contribution < -0.4 is 5.73 Å². The van der Waals surface area contributed by atoms with Crippen molar-refractivity contribution >= 4 is 17.7 Å². The van der Waals surface area contributed by atoms with E-state index in [0.29, 0.717) is 24.6 Å². The Labute approximate surface area is 138 Å². The standard InChI is InChI=1S/C13H20N8OS/c1-2-6-21-11(15-18-19-21)8-23-13-17-16-12(9-3-4-9)20(13)7-5-10(14)22/h9H,2-8H2,1H3,(H2,14,22). The average molecular weight is 336 g/mol. The quantitative estimate of drug-likeness (QED) is 0.670. The minimum Gasteiger partial charge on any atom is -0.370 e. The molecule has 1 aliphatic carbocycles. The number of hydrogen-bond donors (Lipinski definition) is 1. The van der Waals surface area contributed by atoms with Gasteiger partial charge in [-0.25, -0.2) is 4.68 Å². The van der Waals surface area contributed by atoms with Crippen molar-refractivity contribution in [2.75, 3.05) is 0 Å². The molecule has 0 spiro atoms. The van der Waals surface area contributed by atoms with Gasteiger partial charge in [-0.3, -0.25) is 4.79 Å². The first-order valence-corrected chi connectivity index (χ1v) is 8.76. The zero-order valence-corrected chi connectivity index (χ0v) is 13.9. The number of amides is 1. The Balaban J connectivity index is 1.71. The second-order valence-electron chi connectivity index (χ2n) is 5.59. The molecule has 2 heterocycles. The Bertz CT molecular complexity index is 677. The van der Waals surface area contributed by atoms with Gasteiger partial charge in [0.15, 0.2) is 11.0 Å². The summed E-state index contributed by atoms with van der Waals surface area (Å²) in [6, 6.07) is 0. The third-order valence-electron chi connectivity index (χ3n) is 3.64.